The average Bonchev–Trinajstić information content (AvgIpc) is 3.10. The van der Waals surface area contributed by atoms with Crippen LogP contribution in [0, 0.1) is 0 Å². The lowest BCUT2D eigenvalue weighted by Crippen LogP contribution is -3.08. The molecule has 1 unspecified atom stereocenters. The molecule has 0 spiro atoms. The number of rotatable bonds is 9. The molecule has 6 nitrogen and oxygen atoms in total. The summed E-state index contributed by atoms with van der Waals surface area (Å²) >= 11 is 0. The Kier molecular flexibility index (Phi) is 6.65. The minimum absolute atomic E-state index is 0.0455. The zero-order valence-electron chi connectivity index (χ0n) is 15.5. The Hall–Kier alpha value is -2.87. The summed E-state index contributed by atoms with van der Waals surface area (Å²) in [4.78, 5) is 13.2. The van der Waals surface area contributed by atoms with Crippen LogP contribution in [0.1, 0.15) is 11.1 Å². The number of amides is 1. The quantitative estimate of drug-likeness (QED) is 0.676. The predicted octanol–water partition coefficient (Wildman–Crippen LogP) is 1.39. The van der Waals surface area contributed by atoms with Gasteiger partial charge in [0.05, 0.1) is 7.05 Å². The topological polar surface area (TPSA) is 61.2 Å². The van der Waals surface area contributed by atoms with Gasteiger partial charge in [0.25, 0.3) is 5.91 Å². The predicted molar refractivity (Wildman–Crippen MR) is 97.8 cm³/mol. The Morgan fingerprint density at radius 3 is 2.61 bits per heavy atom. The molecule has 0 radical (unpaired) electrons. The number of carbonyl (C=O) groups excluding carboxylic acids is 1. The highest BCUT2D eigenvalue weighted by Crippen LogP contribution is 2.32. The highest BCUT2D eigenvalue weighted by Gasteiger charge is 2.16. The van der Waals surface area contributed by atoms with Crippen LogP contribution in [0.5, 0.6) is 17.2 Å². The van der Waals surface area contributed by atoms with Gasteiger partial charge in [0, 0.05) is 12.1 Å². The molecule has 28 heavy (non-hydrogen) atoms. The van der Waals surface area contributed by atoms with E-state index in [2.05, 4.69) is 10.1 Å². The van der Waals surface area contributed by atoms with Gasteiger partial charge in [-0.2, -0.15) is 8.78 Å². The van der Waals surface area contributed by atoms with Gasteiger partial charge >= 0.3 is 6.61 Å². The molecule has 0 saturated heterocycles. The van der Waals surface area contributed by atoms with E-state index in [1.807, 2.05) is 25.2 Å². The third-order valence-electron chi connectivity index (χ3n) is 4.29. The van der Waals surface area contributed by atoms with Crippen molar-refractivity contribution in [2.24, 2.45) is 0 Å². The first-order valence-corrected chi connectivity index (χ1v) is 9.00. The fourth-order valence-electron chi connectivity index (χ4n) is 2.98. The van der Waals surface area contributed by atoms with Crippen LogP contribution < -0.4 is 24.4 Å². The molecule has 0 bridgehead atoms. The summed E-state index contributed by atoms with van der Waals surface area (Å²) in [5.74, 6) is 1.56. The van der Waals surface area contributed by atoms with E-state index >= 15 is 0 Å². The fraction of sp³-hybridized carbons (Fsp3) is 0.350. The molecular weight excluding hydrogens is 370 g/mol. The van der Waals surface area contributed by atoms with E-state index in [9.17, 15) is 13.6 Å². The third kappa shape index (κ3) is 5.82. The van der Waals surface area contributed by atoms with Crippen LogP contribution in [0.25, 0.3) is 0 Å². The summed E-state index contributed by atoms with van der Waals surface area (Å²) in [7, 11) is 1.95. The number of hydrogen-bond donors (Lipinski definition) is 2. The van der Waals surface area contributed by atoms with E-state index in [1.165, 1.54) is 12.1 Å². The molecule has 0 aromatic heterocycles. The van der Waals surface area contributed by atoms with Crippen LogP contribution in [-0.2, 0) is 17.8 Å². The summed E-state index contributed by atoms with van der Waals surface area (Å²) in [5, 5.41) is 2.88. The lowest BCUT2D eigenvalue weighted by molar-refractivity contribution is -0.885. The van der Waals surface area contributed by atoms with Crippen LogP contribution in [0.15, 0.2) is 42.5 Å². The molecule has 2 aromatic rings. The molecule has 1 heterocycles. The van der Waals surface area contributed by atoms with Crippen LogP contribution >= 0.6 is 0 Å². The van der Waals surface area contributed by atoms with Crippen LogP contribution in [0.4, 0.5) is 8.78 Å². The number of carbonyl (C=O) groups is 1. The van der Waals surface area contributed by atoms with Gasteiger partial charge in [-0.05, 0) is 42.3 Å². The Morgan fingerprint density at radius 1 is 1.14 bits per heavy atom. The zero-order chi connectivity index (χ0) is 19.9. The number of hydrogen-bond acceptors (Lipinski definition) is 4. The number of ether oxygens (including phenoxy) is 3. The average molecular weight is 393 g/mol. The number of halogens is 2. The maximum absolute atomic E-state index is 12.1. The minimum atomic E-state index is -2.83. The summed E-state index contributed by atoms with van der Waals surface area (Å²) in [6.07, 6.45) is 0.613. The monoisotopic (exact) mass is 393 g/mol. The Bertz CT molecular complexity index is 799. The maximum Gasteiger partial charge on any atom is 0.387 e. The summed E-state index contributed by atoms with van der Waals surface area (Å²) < 4.78 is 39.2. The van der Waals surface area contributed by atoms with Crippen LogP contribution in [-0.4, -0.2) is 39.4 Å². The van der Waals surface area contributed by atoms with Gasteiger partial charge in [-0.25, -0.2) is 0 Å². The summed E-state index contributed by atoms with van der Waals surface area (Å²) in [6.45, 7) is -1.08. The molecule has 150 valence electrons. The number of quaternary nitrogens is 1. The molecule has 3 rings (SSSR count). The van der Waals surface area contributed by atoms with Crippen molar-refractivity contribution in [3.05, 3.63) is 53.6 Å². The number of benzene rings is 2. The minimum Gasteiger partial charge on any atom is -0.454 e. The van der Waals surface area contributed by atoms with Crippen molar-refractivity contribution in [3.8, 4) is 17.2 Å². The number of nitrogens with one attached hydrogen (secondary N) is 2. The largest absolute Gasteiger partial charge is 0.454 e. The molecule has 2 aromatic carbocycles. The summed E-state index contributed by atoms with van der Waals surface area (Å²) in [6, 6.07) is 12.2. The van der Waals surface area contributed by atoms with Crippen molar-refractivity contribution in [2.75, 3.05) is 26.9 Å². The van der Waals surface area contributed by atoms with E-state index in [0.717, 1.165) is 27.5 Å². The second-order valence-electron chi connectivity index (χ2n) is 6.62. The molecule has 8 heteroatoms. The molecule has 0 fully saturated rings. The highest BCUT2D eigenvalue weighted by atomic mass is 19.3. The van der Waals surface area contributed by atoms with Crippen molar-refractivity contribution in [2.45, 2.75) is 19.6 Å². The maximum atomic E-state index is 12.1. The molecule has 2 N–H and O–H groups in total. The van der Waals surface area contributed by atoms with E-state index in [1.54, 1.807) is 12.1 Å². The zero-order valence-corrected chi connectivity index (χ0v) is 15.5. The number of alkyl halides is 2. The molecule has 1 aliphatic rings. The molecule has 1 atom stereocenters. The molecule has 0 aliphatic carbocycles. The Balaban J connectivity index is 1.38. The molecule has 1 amide bonds. The molecule has 0 saturated carbocycles. The standard InChI is InChI=1S/C20H22F2N2O4/c1-24(11-15-4-7-17-18(10-15)27-13-26-17)12-19(25)23-9-8-14-2-5-16(6-3-14)28-20(21)22/h2-7,10,20H,8-9,11-13H2,1H3,(H,23,25)/p+1. The number of likely N-dealkylation sites (N-methyl/N-ethyl adjacent to an activating group) is 1. The van der Waals surface area contributed by atoms with Crippen LogP contribution in [0.2, 0.25) is 0 Å². The lowest BCUT2D eigenvalue weighted by Gasteiger charge is -2.14. The van der Waals surface area contributed by atoms with Crippen LogP contribution in [0.3, 0.4) is 0 Å². The van der Waals surface area contributed by atoms with Gasteiger partial charge in [-0.1, -0.05) is 12.1 Å². The summed E-state index contributed by atoms with van der Waals surface area (Å²) in [5.41, 5.74) is 2.00. The normalized spacial score (nSPS) is 13.4. The van der Waals surface area contributed by atoms with Gasteiger partial charge in [0.15, 0.2) is 18.0 Å². The third-order valence-corrected chi connectivity index (χ3v) is 4.29. The second-order valence-corrected chi connectivity index (χ2v) is 6.62. The van der Waals surface area contributed by atoms with Gasteiger partial charge in [-0.15, -0.1) is 0 Å². The second kappa shape index (κ2) is 9.36. The smallest absolute Gasteiger partial charge is 0.387 e. The van der Waals surface area contributed by atoms with Gasteiger partial charge < -0.3 is 24.4 Å². The van der Waals surface area contributed by atoms with E-state index in [0.29, 0.717) is 26.1 Å². The van der Waals surface area contributed by atoms with E-state index in [4.69, 9.17) is 9.47 Å². The number of fused-ring (bicyclic) bond motifs is 1. The Labute approximate surface area is 162 Å². The van der Waals surface area contributed by atoms with Gasteiger partial charge in [-0.3, -0.25) is 4.79 Å². The first-order valence-electron chi connectivity index (χ1n) is 9.00. The highest BCUT2D eigenvalue weighted by molar-refractivity contribution is 5.76. The fourth-order valence-corrected chi connectivity index (χ4v) is 2.98. The SMILES string of the molecule is C[NH+](CC(=O)NCCc1ccc(OC(F)F)cc1)Cc1ccc2c(c1)OCO2. The van der Waals surface area contributed by atoms with Crippen molar-refractivity contribution in [1.29, 1.82) is 0 Å². The molecular formula is C20H23F2N2O4+. The van der Waals surface area contributed by atoms with Crippen molar-refractivity contribution in [3.63, 3.8) is 0 Å². The lowest BCUT2D eigenvalue weighted by atomic mass is 10.1. The van der Waals surface area contributed by atoms with Gasteiger partial charge in [0.1, 0.15) is 12.3 Å². The molecule has 1 aliphatic heterocycles. The Morgan fingerprint density at radius 2 is 1.86 bits per heavy atom. The van der Waals surface area contributed by atoms with Crippen molar-refractivity contribution < 1.29 is 32.7 Å². The van der Waals surface area contributed by atoms with Crippen molar-refractivity contribution in [1.82, 2.24) is 5.32 Å². The van der Waals surface area contributed by atoms with E-state index in [-0.39, 0.29) is 18.4 Å². The van der Waals surface area contributed by atoms with Gasteiger partial charge in [0.2, 0.25) is 6.79 Å². The first kappa shape index (κ1) is 19.9. The van der Waals surface area contributed by atoms with E-state index < -0.39 is 6.61 Å². The first-order chi connectivity index (χ1) is 13.5. The van der Waals surface area contributed by atoms with Crippen molar-refractivity contribution >= 4 is 5.91 Å².